The average Bonchev–Trinajstić information content (AvgIpc) is 3.16. The number of hydrogen-bond acceptors (Lipinski definition) is 7. The van der Waals surface area contributed by atoms with Gasteiger partial charge >= 0.3 is 5.97 Å². The molecular weight excluding hydrogens is 362 g/mol. The van der Waals surface area contributed by atoms with Gasteiger partial charge in [-0.25, -0.2) is 8.42 Å². The molecular formula is C16H19N3O6S. The maximum Gasteiger partial charge on any atom is 0.321 e. The number of nitrogens with zero attached hydrogens (tertiary/aromatic N) is 1. The van der Waals surface area contributed by atoms with Gasteiger partial charge in [-0.2, -0.15) is 9.98 Å². The van der Waals surface area contributed by atoms with Gasteiger partial charge in [0.15, 0.2) is 6.61 Å². The smallest absolute Gasteiger partial charge is 0.321 e. The molecule has 1 aromatic rings. The summed E-state index contributed by atoms with van der Waals surface area (Å²) in [4.78, 5) is 23.1. The highest BCUT2D eigenvalue weighted by Crippen LogP contribution is 2.10. The minimum Gasteiger partial charge on any atom is -0.455 e. The first-order chi connectivity index (χ1) is 12.4. The van der Waals surface area contributed by atoms with Gasteiger partial charge in [-0.15, -0.1) is 0 Å². The molecule has 1 fully saturated rings. The van der Waals surface area contributed by atoms with Crippen molar-refractivity contribution < 1.29 is 27.5 Å². The predicted octanol–water partition coefficient (Wildman–Crippen LogP) is -0.325. The van der Waals surface area contributed by atoms with Crippen molar-refractivity contribution in [2.45, 2.75) is 23.8 Å². The van der Waals surface area contributed by atoms with E-state index in [0.717, 1.165) is 12.8 Å². The minimum absolute atomic E-state index is 0.0196. The van der Waals surface area contributed by atoms with E-state index in [1.807, 2.05) is 6.07 Å². The van der Waals surface area contributed by atoms with Crippen molar-refractivity contribution in [3.63, 3.8) is 0 Å². The van der Waals surface area contributed by atoms with E-state index in [2.05, 4.69) is 10.0 Å². The molecule has 0 bridgehead atoms. The average molecular weight is 381 g/mol. The van der Waals surface area contributed by atoms with Crippen molar-refractivity contribution in [2.24, 2.45) is 0 Å². The van der Waals surface area contributed by atoms with Crippen LogP contribution in [0.3, 0.4) is 0 Å². The Morgan fingerprint density at radius 2 is 2.04 bits per heavy atom. The second-order valence-corrected chi connectivity index (χ2v) is 7.33. The highest BCUT2D eigenvalue weighted by Gasteiger charge is 2.18. The molecule has 1 saturated heterocycles. The Balaban J connectivity index is 1.71. The third-order valence-electron chi connectivity index (χ3n) is 3.62. The second-order valence-electron chi connectivity index (χ2n) is 5.56. The van der Waals surface area contributed by atoms with Crippen LogP contribution in [0.4, 0.5) is 0 Å². The van der Waals surface area contributed by atoms with E-state index in [0.29, 0.717) is 18.7 Å². The summed E-state index contributed by atoms with van der Waals surface area (Å²) in [6.45, 7) is -0.0812. The van der Waals surface area contributed by atoms with Crippen molar-refractivity contribution in [3.8, 4) is 6.07 Å². The van der Waals surface area contributed by atoms with Crippen LogP contribution in [0, 0.1) is 11.3 Å². The van der Waals surface area contributed by atoms with Crippen LogP contribution in [0.2, 0.25) is 0 Å². The second kappa shape index (κ2) is 9.28. The SMILES string of the molecule is N#Cc1ccc(S(=O)(=O)NCC(=O)OCC(=O)NC[C@@H]2CCCO2)cc1. The third-order valence-corrected chi connectivity index (χ3v) is 5.03. The number of sulfonamides is 1. The van der Waals surface area contributed by atoms with Gasteiger partial charge < -0.3 is 14.8 Å². The van der Waals surface area contributed by atoms with Crippen LogP contribution in [-0.2, 0) is 29.1 Å². The molecule has 26 heavy (non-hydrogen) atoms. The summed E-state index contributed by atoms with van der Waals surface area (Å²) >= 11 is 0. The van der Waals surface area contributed by atoms with E-state index >= 15 is 0 Å². The maximum atomic E-state index is 12.0. The molecule has 1 heterocycles. The van der Waals surface area contributed by atoms with Gasteiger partial charge in [0.1, 0.15) is 6.54 Å². The van der Waals surface area contributed by atoms with Crippen molar-refractivity contribution in [3.05, 3.63) is 29.8 Å². The van der Waals surface area contributed by atoms with Gasteiger partial charge in [0.25, 0.3) is 5.91 Å². The zero-order valence-electron chi connectivity index (χ0n) is 13.9. The van der Waals surface area contributed by atoms with Crippen LogP contribution in [0.5, 0.6) is 0 Å². The topological polar surface area (TPSA) is 135 Å². The maximum absolute atomic E-state index is 12.0. The Morgan fingerprint density at radius 3 is 2.65 bits per heavy atom. The predicted molar refractivity (Wildman–Crippen MR) is 89.3 cm³/mol. The van der Waals surface area contributed by atoms with E-state index in [1.165, 1.54) is 24.3 Å². The number of esters is 1. The molecule has 2 N–H and O–H groups in total. The molecule has 10 heteroatoms. The molecule has 1 atom stereocenters. The number of ether oxygens (including phenoxy) is 2. The molecule has 1 aliphatic rings. The summed E-state index contributed by atoms with van der Waals surface area (Å²) in [5.41, 5.74) is 0.317. The molecule has 140 valence electrons. The van der Waals surface area contributed by atoms with E-state index < -0.39 is 35.1 Å². The Morgan fingerprint density at radius 1 is 1.31 bits per heavy atom. The van der Waals surface area contributed by atoms with Crippen molar-refractivity contribution >= 4 is 21.9 Å². The van der Waals surface area contributed by atoms with Gasteiger partial charge in [0.2, 0.25) is 10.0 Å². The van der Waals surface area contributed by atoms with Gasteiger partial charge in [-0.3, -0.25) is 9.59 Å². The lowest BCUT2D eigenvalue weighted by Gasteiger charge is -2.11. The summed E-state index contributed by atoms with van der Waals surface area (Å²) in [5.74, 6) is -1.36. The third kappa shape index (κ3) is 6.11. The van der Waals surface area contributed by atoms with Crippen LogP contribution in [-0.4, -0.2) is 52.7 Å². The molecule has 0 aromatic heterocycles. The number of hydrogen-bond donors (Lipinski definition) is 2. The van der Waals surface area contributed by atoms with E-state index in [9.17, 15) is 18.0 Å². The van der Waals surface area contributed by atoms with Crippen molar-refractivity contribution in [1.82, 2.24) is 10.0 Å². The fraction of sp³-hybridized carbons (Fsp3) is 0.438. The molecule has 0 aliphatic carbocycles. The standard InChI is InChI=1S/C16H19N3O6S/c17-8-12-3-5-14(6-4-12)26(22,23)19-10-16(21)25-11-15(20)18-9-13-2-1-7-24-13/h3-6,13,19H,1-2,7,9-11H2,(H,18,20)/t13-/m0/s1. The number of amides is 1. The number of nitriles is 1. The summed E-state index contributed by atoms with van der Waals surface area (Å²) < 4.78 is 36.2. The summed E-state index contributed by atoms with van der Waals surface area (Å²) in [7, 11) is -3.92. The number of rotatable bonds is 8. The Hall–Kier alpha value is -2.48. The van der Waals surface area contributed by atoms with E-state index in [-0.39, 0.29) is 11.0 Å². The molecule has 0 unspecified atom stereocenters. The van der Waals surface area contributed by atoms with Gasteiger partial charge in [0, 0.05) is 13.2 Å². The monoisotopic (exact) mass is 381 g/mol. The van der Waals surface area contributed by atoms with Crippen LogP contribution in [0.25, 0.3) is 0 Å². The number of carbonyl (C=O) groups excluding carboxylic acids is 2. The highest BCUT2D eigenvalue weighted by molar-refractivity contribution is 7.89. The lowest BCUT2D eigenvalue weighted by molar-refractivity contribution is -0.147. The molecule has 1 amide bonds. The lowest BCUT2D eigenvalue weighted by atomic mass is 10.2. The fourth-order valence-electron chi connectivity index (χ4n) is 2.23. The minimum atomic E-state index is -3.92. The van der Waals surface area contributed by atoms with Crippen molar-refractivity contribution in [1.29, 1.82) is 5.26 Å². The normalized spacial score (nSPS) is 16.7. The quantitative estimate of drug-likeness (QED) is 0.589. The lowest BCUT2D eigenvalue weighted by Crippen LogP contribution is -2.36. The Labute approximate surface area is 151 Å². The first-order valence-electron chi connectivity index (χ1n) is 7.94. The number of nitrogens with one attached hydrogen (secondary N) is 2. The number of benzene rings is 1. The molecule has 0 radical (unpaired) electrons. The first-order valence-corrected chi connectivity index (χ1v) is 9.43. The van der Waals surface area contributed by atoms with Crippen LogP contribution in [0.15, 0.2) is 29.2 Å². The summed E-state index contributed by atoms with van der Waals surface area (Å²) in [6, 6.07) is 7.09. The first kappa shape index (κ1) is 19.8. The Bertz CT molecular complexity index is 779. The van der Waals surface area contributed by atoms with Crippen molar-refractivity contribution in [2.75, 3.05) is 26.3 Å². The summed E-state index contributed by atoms with van der Waals surface area (Å²) in [6.07, 6.45) is 1.81. The zero-order valence-corrected chi connectivity index (χ0v) is 14.8. The zero-order chi connectivity index (χ0) is 19.0. The fourth-order valence-corrected chi connectivity index (χ4v) is 3.20. The Kier molecular flexibility index (Phi) is 7.08. The van der Waals surface area contributed by atoms with E-state index in [1.54, 1.807) is 0 Å². The van der Waals surface area contributed by atoms with Gasteiger partial charge in [-0.05, 0) is 37.1 Å². The van der Waals surface area contributed by atoms with Crippen LogP contribution >= 0.6 is 0 Å². The van der Waals surface area contributed by atoms with E-state index in [4.69, 9.17) is 14.7 Å². The molecule has 1 aromatic carbocycles. The largest absolute Gasteiger partial charge is 0.455 e. The molecule has 1 aliphatic heterocycles. The summed E-state index contributed by atoms with van der Waals surface area (Å²) in [5, 5.41) is 11.3. The molecule has 0 saturated carbocycles. The molecule has 0 spiro atoms. The van der Waals surface area contributed by atoms with Crippen LogP contribution < -0.4 is 10.0 Å². The van der Waals surface area contributed by atoms with Gasteiger partial charge in [0.05, 0.1) is 22.6 Å². The molecule has 2 rings (SSSR count). The number of carbonyl (C=O) groups is 2. The molecule has 9 nitrogen and oxygen atoms in total. The van der Waals surface area contributed by atoms with Crippen LogP contribution in [0.1, 0.15) is 18.4 Å². The highest BCUT2D eigenvalue weighted by atomic mass is 32.2. The van der Waals surface area contributed by atoms with Gasteiger partial charge in [-0.1, -0.05) is 0 Å².